The van der Waals surface area contributed by atoms with Crippen LogP contribution in [0.15, 0.2) is 48.6 Å². The Labute approximate surface area is 218 Å². The Bertz CT molecular complexity index is 1120. The van der Waals surface area contributed by atoms with Crippen LogP contribution < -0.4 is 24.3 Å². The molecule has 0 aliphatic carbocycles. The molecule has 1 fully saturated rings. The standard InChI is InChI=1S/C28H35N3O6/c1-34-23-9-5-21(19-25(23)36-3)7-11-27(32)29-13-14-30-15-17-31(18-16-30)28(33)12-8-22-6-10-24(35-2)26(20-22)37-4/h5-12,19-20H,13-18H2,1-4H3,(H,29,32)/b11-7+,12-8+. The maximum atomic E-state index is 12.6. The predicted octanol–water partition coefficient (Wildman–Crippen LogP) is 2.71. The first kappa shape index (κ1) is 27.6. The molecule has 198 valence electrons. The van der Waals surface area contributed by atoms with E-state index in [2.05, 4.69) is 10.2 Å². The van der Waals surface area contributed by atoms with Crippen molar-refractivity contribution in [3.63, 3.8) is 0 Å². The molecule has 0 saturated carbocycles. The average molecular weight is 510 g/mol. The molecule has 2 amide bonds. The number of carbonyl (C=O) groups is 2. The molecule has 0 aromatic heterocycles. The summed E-state index contributed by atoms with van der Waals surface area (Å²) in [6.45, 7) is 4.05. The summed E-state index contributed by atoms with van der Waals surface area (Å²) in [5, 5.41) is 2.91. The monoisotopic (exact) mass is 509 g/mol. The minimum atomic E-state index is -0.163. The first-order valence-corrected chi connectivity index (χ1v) is 12.1. The molecule has 1 aliphatic heterocycles. The molecule has 2 aromatic carbocycles. The molecule has 1 heterocycles. The summed E-state index contributed by atoms with van der Waals surface area (Å²) in [4.78, 5) is 28.9. The number of rotatable bonds is 11. The third-order valence-corrected chi connectivity index (χ3v) is 6.07. The van der Waals surface area contributed by atoms with Crippen LogP contribution in [0.25, 0.3) is 12.2 Å². The van der Waals surface area contributed by atoms with Crippen molar-refractivity contribution in [2.75, 3.05) is 67.7 Å². The Kier molecular flexibility index (Phi) is 10.4. The lowest BCUT2D eigenvalue weighted by Crippen LogP contribution is -2.49. The summed E-state index contributed by atoms with van der Waals surface area (Å²) in [7, 11) is 6.32. The van der Waals surface area contributed by atoms with Crippen molar-refractivity contribution >= 4 is 24.0 Å². The van der Waals surface area contributed by atoms with E-state index >= 15 is 0 Å². The molecule has 2 aromatic rings. The van der Waals surface area contributed by atoms with Gasteiger partial charge in [0.15, 0.2) is 23.0 Å². The Morgan fingerprint density at radius 2 is 1.27 bits per heavy atom. The second-order valence-corrected chi connectivity index (χ2v) is 8.35. The van der Waals surface area contributed by atoms with Crippen LogP contribution in [0.1, 0.15) is 11.1 Å². The van der Waals surface area contributed by atoms with Gasteiger partial charge in [0.25, 0.3) is 0 Å². The lowest BCUT2D eigenvalue weighted by molar-refractivity contribution is -0.127. The van der Waals surface area contributed by atoms with Crippen LogP contribution in [-0.2, 0) is 9.59 Å². The van der Waals surface area contributed by atoms with E-state index in [1.54, 1.807) is 52.7 Å². The zero-order chi connectivity index (χ0) is 26.6. The summed E-state index contributed by atoms with van der Waals surface area (Å²) >= 11 is 0. The first-order chi connectivity index (χ1) is 18.0. The van der Waals surface area contributed by atoms with Gasteiger partial charge in [-0.1, -0.05) is 12.1 Å². The fourth-order valence-corrected chi connectivity index (χ4v) is 3.95. The lowest BCUT2D eigenvalue weighted by atomic mass is 10.2. The second-order valence-electron chi connectivity index (χ2n) is 8.35. The molecule has 1 N–H and O–H groups in total. The molecule has 0 spiro atoms. The van der Waals surface area contributed by atoms with E-state index in [-0.39, 0.29) is 11.8 Å². The molecule has 3 rings (SSSR count). The summed E-state index contributed by atoms with van der Waals surface area (Å²) in [6.07, 6.45) is 6.60. The number of nitrogens with zero attached hydrogens (tertiary/aromatic N) is 2. The Morgan fingerprint density at radius 3 is 1.78 bits per heavy atom. The number of piperazine rings is 1. The van der Waals surface area contributed by atoms with Crippen molar-refractivity contribution < 1.29 is 28.5 Å². The van der Waals surface area contributed by atoms with Crippen molar-refractivity contribution in [3.8, 4) is 23.0 Å². The Morgan fingerprint density at radius 1 is 0.757 bits per heavy atom. The smallest absolute Gasteiger partial charge is 0.246 e. The van der Waals surface area contributed by atoms with Crippen molar-refractivity contribution in [1.82, 2.24) is 15.1 Å². The molecule has 0 atom stereocenters. The van der Waals surface area contributed by atoms with Crippen LogP contribution in [0, 0.1) is 0 Å². The van der Waals surface area contributed by atoms with E-state index < -0.39 is 0 Å². The predicted molar refractivity (Wildman–Crippen MR) is 143 cm³/mol. The molecular formula is C28H35N3O6. The maximum absolute atomic E-state index is 12.6. The van der Waals surface area contributed by atoms with Gasteiger partial charge in [-0.2, -0.15) is 0 Å². The molecule has 0 unspecified atom stereocenters. The van der Waals surface area contributed by atoms with Crippen LogP contribution in [0.2, 0.25) is 0 Å². The summed E-state index contributed by atoms with van der Waals surface area (Å²) in [5.41, 5.74) is 1.70. The minimum absolute atomic E-state index is 0.0250. The highest BCUT2D eigenvalue weighted by Gasteiger charge is 2.19. The van der Waals surface area contributed by atoms with E-state index in [0.29, 0.717) is 42.6 Å². The van der Waals surface area contributed by atoms with Crippen LogP contribution in [0.3, 0.4) is 0 Å². The van der Waals surface area contributed by atoms with Gasteiger partial charge in [-0.05, 0) is 47.5 Å². The number of ether oxygens (including phenoxy) is 4. The van der Waals surface area contributed by atoms with E-state index in [0.717, 1.165) is 30.8 Å². The molecule has 37 heavy (non-hydrogen) atoms. The third kappa shape index (κ3) is 8.01. The largest absolute Gasteiger partial charge is 0.493 e. The fraction of sp³-hybridized carbons (Fsp3) is 0.357. The molecular weight excluding hydrogens is 474 g/mol. The summed E-state index contributed by atoms with van der Waals surface area (Å²) in [5.74, 6) is 2.33. The van der Waals surface area contributed by atoms with Gasteiger partial charge in [-0.3, -0.25) is 14.5 Å². The average Bonchev–Trinajstić information content (AvgIpc) is 2.94. The highest BCUT2D eigenvalue weighted by molar-refractivity contribution is 5.92. The van der Waals surface area contributed by atoms with Gasteiger partial charge in [0, 0.05) is 51.4 Å². The molecule has 9 heteroatoms. The normalized spacial score (nSPS) is 14.1. The number of hydrogen-bond donors (Lipinski definition) is 1. The maximum Gasteiger partial charge on any atom is 0.246 e. The lowest BCUT2D eigenvalue weighted by Gasteiger charge is -2.34. The van der Waals surface area contributed by atoms with Gasteiger partial charge in [0.05, 0.1) is 28.4 Å². The number of benzene rings is 2. The fourth-order valence-electron chi connectivity index (χ4n) is 3.95. The van der Waals surface area contributed by atoms with Crippen LogP contribution in [0.5, 0.6) is 23.0 Å². The highest BCUT2D eigenvalue weighted by atomic mass is 16.5. The topological polar surface area (TPSA) is 89.6 Å². The van der Waals surface area contributed by atoms with Gasteiger partial charge >= 0.3 is 0 Å². The van der Waals surface area contributed by atoms with E-state index in [1.807, 2.05) is 35.2 Å². The summed E-state index contributed by atoms with van der Waals surface area (Å²) < 4.78 is 21.1. The minimum Gasteiger partial charge on any atom is -0.493 e. The number of hydrogen-bond acceptors (Lipinski definition) is 7. The van der Waals surface area contributed by atoms with Crippen molar-refractivity contribution in [2.24, 2.45) is 0 Å². The molecule has 1 saturated heterocycles. The van der Waals surface area contributed by atoms with Gasteiger partial charge < -0.3 is 29.2 Å². The van der Waals surface area contributed by atoms with Crippen molar-refractivity contribution in [1.29, 1.82) is 0 Å². The highest BCUT2D eigenvalue weighted by Crippen LogP contribution is 2.28. The first-order valence-electron chi connectivity index (χ1n) is 12.1. The molecule has 0 bridgehead atoms. The van der Waals surface area contributed by atoms with Crippen LogP contribution in [0.4, 0.5) is 0 Å². The Hall–Kier alpha value is -3.98. The Balaban J connectivity index is 1.39. The zero-order valence-corrected chi connectivity index (χ0v) is 21.9. The number of carbonyl (C=O) groups excluding carboxylic acids is 2. The van der Waals surface area contributed by atoms with Gasteiger partial charge in [0.2, 0.25) is 11.8 Å². The van der Waals surface area contributed by atoms with Gasteiger partial charge in [0.1, 0.15) is 0 Å². The number of methoxy groups -OCH3 is 4. The SMILES string of the molecule is COc1ccc(/C=C/C(=O)NCCN2CCN(C(=O)/C=C/c3ccc(OC)c(OC)c3)CC2)cc1OC. The zero-order valence-electron chi connectivity index (χ0n) is 21.9. The quantitative estimate of drug-likeness (QED) is 0.466. The van der Waals surface area contributed by atoms with Crippen molar-refractivity contribution in [3.05, 3.63) is 59.7 Å². The van der Waals surface area contributed by atoms with E-state index in [9.17, 15) is 9.59 Å². The van der Waals surface area contributed by atoms with Crippen molar-refractivity contribution in [2.45, 2.75) is 0 Å². The molecule has 9 nitrogen and oxygen atoms in total. The number of nitrogens with one attached hydrogen (secondary N) is 1. The van der Waals surface area contributed by atoms with E-state index in [4.69, 9.17) is 18.9 Å². The number of amides is 2. The van der Waals surface area contributed by atoms with Crippen LogP contribution in [-0.4, -0.2) is 89.3 Å². The van der Waals surface area contributed by atoms with E-state index in [1.165, 1.54) is 6.08 Å². The molecule has 0 radical (unpaired) electrons. The summed E-state index contributed by atoms with van der Waals surface area (Å²) in [6, 6.07) is 11.0. The third-order valence-electron chi connectivity index (χ3n) is 6.07. The second kappa shape index (κ2) is 13.9. The van der Waals surface area contributed by atoms with Gasteiger partial charge in [-0.15, -0.1) is 0 Å². The van der Waals surface area contributed by atoms with Crippen LogP contribution >= 0.6 is 0 Å². The molecule has 1 aliphatic rings. The van der Waals surface area contributed by atoms with Gasteiger partial charge in [-0.25, -0.2) is 0 Å².